The maximum atomic E-state index is 12.4. The molecular formula is C21H24BrNO. The molecule has 3 heteroatoms. The zero-order chi connectivity index (χ0) is 16.6. The highest BCUT2D eigenvalue weighted by molar-refractivity contribution is 9.10. The molecule has 1 amide bonds. The van der Waals surface area contributed by atoms with Crippen molar-refractivity contribution in [3.8, 4) is 11.8 Å². The number of nitrogens with one attached hydrogen (secondary N) is 1. The molecule has 0 heterocycles. The van der Waals surface area contributed by atoms with Gasteiger partial charge in [0.25, 0.3) is 0 Å². The van der Waals surface area contributed by atoms with Crippen LogP contribution in [-0.2, 0) is 4.79 Å². The minimum Gasteiger partial charge on any atom is -0.345 e. The summed E-state index contributed by atoms with van der Waals surface area (Å²) in [4.78, 5) is 12.4. The van der Waals surface area contributed by atoms with Gasteiger partial charge in [0.15, 0.2) is 0 Å². The standard InChI is InChI=1S/C21H24BrNO/c22-21-12-17-9-18(13-21)11-20(10-17,15-21)14-19(24)23-8-4-7-16-5-2-1-3-6-16/h1-3,5-6,17-18H,8-15H2,(H,23,24). The zero-order valence-electron chi connectivity index (χ0n) is 14.0. The van der Waals surface area contributed by atoms with Crippen molar-refractivity contribution in [2.75, 3.05) is 6.54 Å². The van der Waals surface area contributed by atoms with E-state index in [9.17, 15) is 4.79 Å². The highest BCUT2D eigenvalue weighted by Crippen LogP contribution is 2.65. The summed E-state index contributed by atoms with van der Waals surface area (Å²) in [5.41, 5.74) is 1.24. The summed E-state index contributed by atoms with van der Waals surface area (Å²) >= 11 is 4.02. The number of carbonyl (C=O) groups excluding carboxylic acids is 1. The summed E-state index contributed by atoms with van der Waals surface area (Å²) in [6.45, 7) is 0.441. The summed E-state index contributed by atoms with van der Waals surface area (Å²) in [5, 5.41) is 3.01. The van der Waals surface area contributed by atoms with Gasteiger partial charge >= 0.3 is 0 Å². The predicted molar refractivity (Wildman–Crippen MR) is 99.7 cm³/mol. The lowest BCUT2D eigenvalue weighted by Crippen LogP contribution is -2.54. The van der Waals surface area contributed by atoms with Crippen LogP contribution in [0.5, 0.6) is 0 Å². The maximum absolute atomic E-state index is 12.4. The van der Waals surface area contributed by atoms with Crippen LogP contribution < -0.4 is 5.32 Å². The van der Waals surface area contributed by atoms with Gasteiger partial charge in [-0.15, -0.1) is 0 Å². The molecule has 126 valence electrons. The third-order valence-electron chi connectivity index (χ3n) is 6.03. The van der Waals surface area contributed by atoms with Gasteiger partial charge in [0, 0.05) is 16.3 Å². The van der Waals surface area contributed by atoms with Crippen LogP contribution in [0.3, 0.4) is 0 Å². The van der Waals surface area contributed by atoms with Crippen molar-refractivity contribution in [1.82, 2.24) is 5.32 Å². The van der Waals surface area contributed by atoms with E-state index in [2.05, 4.69) is 33.1 Å². The van der Waals surface area contributed by atoms with Crippen molar-refractivity contribution < 1.29 is 4.79 Å². The second-order valence-corrected chi connectivity index (χ2v) is 9.92. The number of rotatable bonds is 3. The average Bonchev–Trinajstić information content (AvgIpc) is 2.49. The van der Waals surface area contributed by atoms with Crippen LogP contribution in [0.15, 0.2) is 30.3 Å². The van der Waals surface area contributed by atoms with Crippen molar-refractivity contribution in [2.24, 2.45) is 17.3 Å². The van der Waals surface area contributed by atoms with Gasteiger partial charge in [-0.25, -0.2) is 0 Å². The third kappa shape index (κ3) is 3.40. The van der Waals surface area contributed by atoms with Gasteiger partial charge in [-0.2, -0.15) is 0 Å². The first-order valence-corrected chi connectivity index (χ1v) is 9.83. The van der Waals surface area contributed by atoms with Gasteiger partial charge in [0.1, 0.15) is 0 Å². The normalized spacial score (nSPS) is 36.0. The highest BCUT2D eigenvalue weighted by atomic mass is 79.9. The van der Waals surface area contributed by atoms with Crippen molar-refractivity contribution in [3.05, 3.63) is 35.9 Å². The van der Waals surface area contributed by atoms with Gasteiger partial charge in [-0.3, -0.25) is 4.79 Å². The Morgan fingerprint density at radius 1 is 1.17 bits per heavy atom. The molecule has 4 aliphatic carbocycles. The summed E-state index contributed by atoms with van der Waals surface area (Å²) in [7, 11) is 0. The largest absolute Gasteiger partial charge is 0.345 e. The molecule has 4 bridgehead atoms. The Bertz CT molecular complexity index is 673. The van der Waals surface area contributed by atoms with Crippen LogP contribution in [0.4, 0.5) is 0 Å². The maximum Gasteiger partial charge on any atom is 0.221 e. The minimum absolute atomic E-state index is 0.176. The van der Waals surface area contributed by atoms with E-state index in [1.54, 1.807) is 0 Å². The molecule has 0 spiro atoms. The van der Waals surface area contributed by atoms with E-state index in [1.807, 2.05) is 30.3 Å². The molecule has 4 saturated carbocycles. The lowest BCUT2D eigenvalue weighted by atomic mass is 9.48. The van der Waals surface area contributed by atoms with E-state index in [1.165, 1.54) is 38.5 Å². The number of amides is 1. The second-order valence-electron chi connectivity index (χ2n) is 8.23. The summed E-state index contributed by atoms with van der Waals surface area (Å²) in [6, 6.07) is 9.91. The molecule has 2 unspecified atom stereocenters. The molecule has 0 aliphatic heterocycles. The SMILES string of the molecule is O=C(CC12CC3CC(CC(Br)(C3)C1)C2)NCC#Cc1ccccc1. The number of hydrogen-bond acceptors (Lipinski definition) is 1. The molecule has 1 aromatic carbocycles. The molecule has 4 aliphatic rings. The Labute approximate surface area is 152 Å². The molecule has 0 saturated heterocycles. The van der Waals surface area contributed by atoms with Gasteiger partial charge in [-0.1, -0.05) is 46.0 Å². The first kappa shape index (κ1) is 16.2. The molecule has 1 N–H and O–H groups in total. The second kappa shape index (κ2) is 6.23. The quantitative estimate of drug-likeness (QED) is 0.610. The fraction of sp³-hybridized carbons (Fsp3) is 0.571. The topological polar surface area (TPSA) is 29.1 Å². The van der Waals surface area contributed by atoms with Gasteiger partial charge in [0.05, 0.1) is 6.54 Å². The lowest BCUT2D eigenvalue weighted by molar-refractivity contribution is -0.127. The zero-order valence-corrected chi connectivity index (χ0v) is 15.6. The summed E-state index contributed by atoms with van der Waals surface area (Å²) in [5.74, 6) is 7.99. The van der Waals surface area contributed by atoms with Crippen molar-refractivity contribution in [2.45, 2.75) is 49.3 Å². The fourth-order valence-corrected chi connectivity index (χ4v) is 7.27. The molecule has 2 nitrogen and oxygen atoms in total. The van der Waals surface area contributed by atoms with E-state index in [0.717, 1.165) is 17.4 Å². The van der Waals surface area contributed by atoms with E-state index in [4.69, 9.17) is 0 Å². The fourth-order valence-electron chi connectivity index (χ4n) is 5.76. The average molecular weight is 386 g/mol. The van der Waals surface area contributed by atoms with Crippen LogP contribution in [0, 0.1) is 29.1 Å². The lowest BCUT2D eigenvalue weighted by Gasteiger charge is -2.60. The first-order valence-electron chi connectivity index (χ1n) is 9.04. The number of halogens is 1. The molecule has 1 aromatic rings. The summed E-state index contributed by atoms with van der Waals surface area (Å²) in [6.07, 6.45) is 8.38. The third-order valence-corrected chi connectivity index (χ3v) is 6.95. The monoisotopic (exact) mass is 385 g/mol. The van der Waals surface area contributed by atoms with Crippen LogP contribution in [0.1, 0.15) is 50.5 Å². The molecule has 2 atom stereocenters. The van der Waals surface area contributed by atoms with Crippen molar-refractivity contribution in [3.63, 3.8) is 0 Å². The Balaban J connectivity index is 1.33. The smallest absolute Gasteiger partial charge is 0.221 e. The van der Waals surface area contributed by atoms with Crippen molar-refractivity contribution >= 4 is 21.8 Å². The van der Waals surface area contributed by atoms with Gasteiger partial charge in [0.2, 0.25) is 5.91 Å². The Hall–Kier alpha value is -1.27. The molecular weight excluding hydrogens is 362 g/mol. The van der Waals surface area contributed by atoms with Crippen molar-refractivity contribution in [1.29, 1.82) is 0 Å². The van der Waals surface area contributed by atoms with E-state index in [-0.39, 0.29) is 11.3 Å². The van der Waals surface area contributed by atoms with Gasteiger partial charge in [-0.05, 0) is 67.9 Å². The Kier molecular flexibility index (Phi) is 4.21. The minimum atomic E-state index is 0.176. The Morgan fingerprint density at radius 2 is 1.88 bits per heavy atom. The molecule has 5 rings (SSSR count). The number of alkyl halides is 1. The van der Waals surface area contributed by atoms with Crippen LogP contribution in [0.2, 0.25) is 0 Å². The number of benzene rings is 1. The van der Waals surface area contributed by atoms with Crippen LogP contribution in [0.25, 0.3) is 0 Å². The molecule has 0 radical (unpaired) electrons. The highest BCUT2D eigenvalue weighted by Gasteiger charge is 2.57. The molecule has 0 aromatic heterocycles. The number of carbonyl (C=O) groups is 1. The van der Waals surface area contributed by atoms with Gasteiger partial charge < -0.3 is 5.32 Å². The molecule has 4 fully saturated rings. The van der Waals surface area contributed by atoms with Crippen LogP contribution >= 0.6 is 15.9 Å². The van der Waals surface area contributed by atoms with Crippen LogP contribution in [-0.4, -0.2) is 16.8 Å². The van der Waals surface area contributed by atoms with E-state index < -0.39 is 0 Å². The molecule has 24 heavy (non-hydrogen) atoms. The Morgan fingerprint density at radius 3 is 2.54 bits per heavy atom. The predicted octanol–water partition coefficient (Wildman–Crippen LogP) is 4.28. The first-order chi connectivity index (χ1) is 11.5. The number of hydrogen-bond donors (Lipinski definition) is 1. The van der Waals surface area contributed by atoms with E-state index in [0.29, 0.717) is 17.3 Å². The van der Waals surface area contributed by atoms with E-state index >= 15 is 0 Å². The summed E-state index contributed by atoms with van der Waals surface area (Å²) < 4.78 is 0.324.